The number of amides is 1. The molecule has 29 heavy (non-hydrogen) atoms. The smallest absolute Gasteiger partial charge is 0.391 e. The Morgan fingerprint density at radius 2 is 1.86 bits per heavy atom. The van der Waals surface area contributed by atoms with Crippen LogP contribution in [-0.2, 0) is 22.4 Å². The lowest BCUT2D eigenvalue weighted by Crippen LogP contribution is -2.28. The van der Waals surface area contributed by atoms with Gasteiger partial charge in [-0.2, -0.15) is 13.2 Å². The maximum Gasteiger partial charge on any atom is 0.416 e. The van der Waals surface area contributed by atoms with E-state index in [1.54, 1.807) is 25.1 Å². The summed E-state index contributed by atoms with van der Waals surface area (Å²) in [6.45, 7) is 4.73. The van der Waals surface area contributed by atoms with Gasteiger partial charge in [-0.25, -0.2) is 0 Å². The number of hydrogen-bond donors (Lipinski definition) is 2. The molecule has 0 saturated carbocycles. The zero-order chi connectivity index (χ0) is 21.8. The number of likely N-dealkylation sites (N-methyl/N-ethyl adjacent to an activating group) is 1. The summed E-state index contributed by atoms with van der Waals surface area (Å²) in [6.07, 6.45) is -4.45. The Balaban J connectivity index is 2.25. The molecule has 0 fully saturated rings. The minimum atomic E-state index is -4.45. The summed E-state index contributed by atoms with van der Waals surface area (Å²) in [7, 11) is 1.44. The van der Waals surface area contributed by atoms with E-state index in [2.05, 4.69) is 10.5 Å². The Hall–Kier alpha value is -3.16. The Kier molecular flexibility index (Phi) is 6.79. The van der Waals surface area contributed by atoms with Gasteiger partial charge in [0.1, 0.15) is 12.3 Å². The first kappa shape index (κ1) is 22.1. The Labute approximate surface area is 167 Å². The van der Waals surface area contributed by atoms with Gasteiger partial charge in [0, 0.05) is 18.2 Å². The highest BCUT2D eigenvalue weighted by molar-refractivity contribution is 6.44. The van der Waals surface area contributed by atoms with Gasteiger partial charge in [-0.05, 0) is 43.5 Å². The molecule has 0 heterocycles. The lowest BCUT2D eigenvalue weighted by Gasteiger charge is -2.13. The number of rotatable bonds is 6. The minimum absolute atomic E-state index is 0.0310. The van der Waals surface area contributed by atoms with Crippen LogP contribution < -0.4 is 5.32 Å². The van der Waals surface area contributed by atoms with Gasteiger partial charge in [0.15, 0.2) is 0 Å². The summed E-state index contributed by atoms with van der Waals surface area (Å²) in [5.41, 5.74) is 1.61. The van der Waals surface area contributed by atoms with E-state index in [0.717, 1.165) is 11.6 Å². The van der Waals surface area contributed by atoms with Crippen LogP contribution in [0.4, 0.5) is 13.2 Å². The van der Waals surface area contributed by atoms with E-state index in [1.165, 1.54) is 20.0 Å². The SMILES string of the molecule is CNC(=O)C(=N)c1cccc(C)c1CO/N=C(\C)c1ccc(C)c(C(F)(F)F)c1. The second kappa shape index (κ2) is 8.89. The van der Waals surface area contributed by atoms with Gasteiger partial charge < -0.3 is 10.2 Å². The molecule has 0 atom stereocenters. The molecule has 0 unspecified atom stereocenters. The first-order valence-corrected chi connectivity index (χ1v) is 8.80. The lowest BCUT2D eigenvalue weighted by molar-refractivity contribution is -0.138. The molecule has 2 rings (SSSR count). The zero-order valence-corrected chi connectivity index (χ0v) is 16.6. The third-order valence-electron chi connectivity index (χ3n) is 4.50. The minimum Gasteiger partial charge on any atom is -0.391 e. The van der Waals surface area contributed by atoms with E-state index in [4.69, 9.17) is 10.2 Å². The quantitative estimate of drug-likeness (QED) is 0.553. The molecule has 2 aromatic carbocycles. The van der Waals surface area contributed by atoms with Crippen molar-refractivity contribution in [1.29, 1.82) is 5.41 Å². The van der Waals surface area contributed by atoms with Crippen LogP contribution in [-0.4, -0.2) is 24.4 Å². The normalized spacial score (nSPS) is 11.9. The number of hydrogen-bond acceptors (Lipinski definition) is 4. The second-order valence-electron chi connectivity index (χ2n) is 6.53. The molecule has 0 aromatic heterocycles. The molecule has 0 spiro atoms. The predicted molar refractivity (Wildman–Crippen MR) is 105 cm³/mol. The third-order valence-corrected chi connectivity index (χ3v) is 4.50. The Morgan fingerprint density at radius 3 is 2.48 bits per heavy atom. The van der Waals surface area contributed by atoms with Crippen LogP contribution in [0.1, 0.15) is 40.3 Å². The van der Waals surface area contributed by atoms with Crippen molar-refractivity contribution in [3.8, 4) is 0 Å². The average Bonchev–Trinajstić information content (AvgIpc) is 2.67. The Morgan fingerprint density at radius 1 is 1.17 bits per heavy atom. The molecule has 0 aliphatic rings. The molecule has 8 heteroatoms. The first-order valence-electron chi connectivity index (χ1n) is 8.80. The maximum atomic E-state index is 13.1. The van der Waals surface area contributed by atoms with Crippen molar-refractivity contribution in [2.75, 3.05) is 7.05 Å². The van der Waals surface area contributed by atoms with Gasteiger partial charge in [0.25, 0.3) is 5.91 Å². The highest BCUT2D eigenvalue weighted by atomic mass is 19.4. The summed E-state index contributed by atoms with van der Waals surface area (Å²) in [5.74, 6) is -0.532. The highest BCUT2D eigenvalue weighted by Gasteiger charge is 2.32. The van der Waals surface area contributed by atoms with Crippen LogP contribution >= 0.6 is 0 Å². The maximum absolute atomic E-state index is 13.1. The molecule has 2 aromatic rings. The monoisotopic (exact) mass is 405 g/mol. The largest absolute Gasteiger partial charge is 0.416 e. The molecule has 2 N–H and O–H groups in total. The first-order chi connectivity index (χ1) is 13.6. The molecule has 0 aliphatic carbocycles. The van der Waals surface area contributed by atoms with Gasteiger partial charge in [-0.3, -0.25) is 10.2 Å². The standard InChI is InChI=1S/C21H22F3N3O2/c1-12-6-5-7-16(19(25)20(28)26-4)17(12)11-29-27-14(3)15-9-8-13(2)18(10-15)21(22,23)24/h5-10,25H,11H2,1-4H3,(H,26,28)/b25-19?,27-14+. The van der Waals surface area contributed by atoms with Gasteiger partial charge >= 0.3 is 6.18 Å². The summed E-state index contributed by atoms with van der Waals surface area (Å²) >= 11 is 0. The van der Waals surface area contributed by atoms with E-state index in [9.17, 15) is 18.0 Å². The van der Waals surface area contributed by atoms with Crippen LogP contribution in [0.5, 0.6) is 0 Å². The third kappa shape index (κ3) is 5.22. The molecule has 0 radical (unpaired) electrons. The number of oxime groups is 1. The fraction of sp³-hybridized carbons (Fsp3) is 0.286. The van der Waals surface area contributed by atoms with Crippen molar-refractivity contribution in [1.82, 2.24) is 5.32 Å². The van der Waals surface area contributed by atoms with Crippen molar-refractivity contribution in [3.63, 3.8) is 0 Å². The van der Waals surface area contributed by atoms with E-state index >= 15 is 0 Å². The fourth-order valence-corrected chi connectivity index (χ4v) is 2.77. The number of aryl methyl sites for hydroxylation is 2. The van der Waals surface area contributed by atoms with E-state index in [0.29, 0.717) is 16.7 Å². The van der Waals surface area contributed by atoms with E-state index < -0.39 is 17.6 Å². The van der Waals surface area contributed by atoms with Crippen LogP contribution in [0.3, 0.4) is 0 Å². The molecular formula is C21H22F3N3O2. The lowest BCUT2D eigenvalue weighted by atomic mass is 9.98. The number of carbonyl (C=O) groups excluding carboxylic acids is 1. The molecule has 0 saturated heterocycles. The number of nitrogens with zero attached hydrogens (tertiary/aromatic N) is 1. The van der Waals surface area contributed by atoms with Crippen LogP contribution in [0.2, 0.25) is 0 Å². The summed E-state index contributed by atoms with van der Waals surface area (Å²) in [4.78, 5) is 17.1. The van der Waals surface area contributed by atoms with Crippen LogP contribution in [0, 0.1) is 19.3 Å². The molecule has 0 bridgehead atoms. The predicted octanol–water partition coefficient (Wildman–Crippen LogP) is 4.38. The topological polar surface area (TPSA) is 74.5 Å². The van der Waals surface area contributed by atoms with Crippen molar-refractivity contribution in [2.24, 2.45) is 5.16 Å². The van der Waals surface area contributed by atoms with Gasteiger partial charge in [-0.1, -0.05) is 35.5 Å². The van der Waals surface area contributed by atoms with Crippen LogP contribution in [0.15, 0.2) is 41.6 Å². The van der Waals surface area contributed by atoms with Crippen molar-refractivity contribution in [2.45, 2.75) is 33.6 Å². The number of alkyl halides is 3. The molecular weight excluding hydrogens is 383 g/mol. The van der Waals surface area contributed by atoms with Gasteiger partial charge in [0.2, 0.25) is 0 Å². The summed E-state index contributed by atoms with van der Waals surface area (Å²) < 4.78 is 39.3. The van der Waals surface area contributed by atoms with E-state index in [-0.39, 0.29) is 23.6 Å². The fourth-order valence-electron chi connectivity index (χ4n) is 2.77. The molecule has 5 nitrogen and oxygen atoms in total. The van der Waals surface area contributed by atoms with Crippen molar-refractivity contribution in [3.05, 3.63) is 69.8 Å². The van der Waals surface area contributed by atoms with E-state index in [1.807, 2.05) is 13.0 Å². The Bertz CT molecular complexity index is 966. The summed E-state index contributed by atoms with van der Waals surface area (Å²) in [5, 5.41) is 14.4. The zero-order valence-electron chi connectivity index (χ0n) is 16.6. The molecule has 1 amide bonds. The number of nitrogens with one attached hydrogen (secondary N) is 2. The number of halogens is 3. The molecule has 0 aliphatic heterocycles. The van der Waals surface area contributed by atoms with Crippen molar-refractivity contribution < 1.29 is 22.8 Å². The van der Waals surface area contributed by atoms with Crippen molar-refractivity contribution >= 4 is 17.3 Å². The highest BCUT2D eigenvalue weighted by Crippen LogP contribution is 2.32. The van der Waals surface area contributed by atoms with Crippen LogP contribution in [0.25, 0.3) is 0 Å². The van der Waals surface area contributed by atoms with Gasteiger partial charge in [0.05, 0.1) is 11.3 Å². The number of benzene rings is 2. The second-order valence-corrected chi connectivity index (χ2v) is 6.53. The molecule has 154 valence electrons. The number of carbonyl (C=O) groups is 1. The van der Waals surface area contributed by atoms with Gasteiger partial charge in [-0.15, -0.1) is 0 Å². The average molecular weight is 405 g/mol. The summed E-state index contributed by atoms with van der Waals surface area (Å²) in [6, 6.07) is 9.15.